The molecule has 0 bridgehead atoms. The van der Waals surface area contributed by atoms with Crippen molar-refractivity contribution in [3.05, 3.63) is 35.9 Å². The highest BCUT2D eigenvalue weighted by atomic mass is 16.5. The van der Waals surface area contributed by atoms with E-state index in [0.29, 0.717) is 6.21 Å². The van der Waals surface area contributed by atoms with Gasteiger partial charge in [-0.05, 0) is 11.5 Å². The van der Waals surface area contributed by atoms with E-state index in [-0.39, 0.29) is 12.5 Å². The predicted molar refractivity (Wildman–Crippen MR) is 72.2 cm³/mol. The Balaban J connectivity index is 2.49. The second-order valence-electron chi connectivity index (χ2n) is 4.47. The van der Waals surface area contributed by atoms with Crippen LogP contribution in [-0.2, 0) is 16.1 Å². The van der Waals surface area contributed by atoms with Gasteiger partial charge in [0.1, 0.15) is 6.61 Å². The Bertz CT molecular complexity index is 443. The van der Waals surface area contributed by atoms with Crippen molar-refractivity contribution in [3.63, 3.8) is 0 Å². The standard InChI is InChI=1S/C14H18N2O3/c1-10(2)13(12(17)8-15)16-14(18)19-9-11-6-4-3-5-7-11/h3-8,10,13,15H,9H2,1-2H3,(H,16,18)/t13-/m0/s1. The van der Waals surface area contributed by atoms with Crippen LogP contribution in [0, 0.1) is 11.3 Å². The van der Waals surface area contributed by atoms with Crippen molar-refractivity contribution in [1.82, 2.24) is 5.32 Å². The normalized spacial score (nSPS) is 11.7. The molecule has 19 heavy (non-hydrogen) atoms. The topological polar surface area (TPSA) is 79.2 Å². The smallest absolute Gasteiger partial charge is 0.408 e. The Labute approximate surface area is 112 Å². The summed E-state index contributed by atoms with van der Waals surface area (Å²) in [6.45, 7) is 3.74. The maximum absolute atomic E-state index is 11.6. The zero-order valence-corrected chi connectivity index (χ0v) is 11.1. The van der Waals surface area contributed by atoms with Crippen molar-refractivity contribution >= 4 is 18.1 Å². The van der Waals surface area contributed by atoms with Gasteiger partial charge in [0, 0.05) is 0 Å². The van der Waals surface area contributed by atoms with Gasteiger partial charge in [-0.1, -0.05) is 44.2 Å². The molecule has 0 aliphatic carbocycles. The average Bonchev–Trinajstić information content (AvgIpc) is 2.42. The van der Waals surface area contributed by atoms with Crippen molar-refractivity contribution in [2.45, 2.75) is 26.5 Å². The highest BCUT2D eigenvalue weighted by Crippen LogP contribution is 2.04. The van der Waals surface area contributed by atoms with Gasteiger partial charge in [-0.15, -0.1) is 0 Å². The average molecular weight is 262 g/mol. The first-order valence-corrected chi connectivity index (χ1v) is 6.06. The number of hydrogen-bond acceptors (Lipinski definition) is 4. The van der Waals surface area contributed by atoms with Gasteiger partial charge in [0.15, 0.2) is 5.78 Å². The summed E-state index contributed by atoms with van der Waals surface area (Å²) in [5.74, 6) is -0.537. The van der Waals surface area contributed by atoms with E-state index < -0.39 is 17.9 Å². The summed E-state index contributed by atoms with van der Waals surface area (Å²) in [5, 5.41) is 9.42. The lowest BCUT2D eigenvalue weighted by Crippen LogP contribution is -2.45. The molecule has 0 saturated heterocycles. The summed E-state index contributed by atoms with van der Waals surface area (Å²) in [7, 11) is 0. The number of alkyl carbamates (subject to hydrolysis) is 1. The summed E-state index contributed by atoms with van der Waals surface area (Å²) in [6, 6.07) is 8.55. The van der Waals surface area contributed by atoms with Gasteiger partial charge in [0.25, 0.3) is 0 Å². The third kappa shape index (κ3) is 4.91. The summed E-state index contributed by atoms with van der Waals surface area (Å²) < 4.78 is 5.03. The number of ether oxygens (including phenoxy) is 1. The molecule has 0 aliphatic rings. The molecule has 0 radical (unpaired) electrons. The number of benzene rings is 1. The molecule has 0 aliphatic heterocycles. The van der Waals surface area contributed by atoms with Gasteiger partial charge in [-0.2, -0.15) is 0 Å². The second-order valence-corrected chi connectivity index (χ2v) is 4.47. The van der Waals surface area contributed by atoms with E-state index >= 15 is 0 Å². The second kappa shape index (κ2) is 7.31. The Hall–Kier alpha value is -2.17. The van der Waals surface area contributed by atoms with E-state index in [1.54, 1.807) is 13.8 Å². The van der Waals surface area contributed by atoms with Crippen LogP contribution in [0.1, 0.15) is 19.4 Å². The first-order chi connectivity index (χ1) is 9.04. The lowest BCUT2D eigenvalue weighted by molar-refractivity contribution is -0.115. The van der Waals surface area contributed by atoms with Crippen LogP contribution in [0.15, 0.2) is 30.3 Å². The third-order valence-corrected chi connectivity index (χ3v) is 2.60. The minimum atomic E-state index is -0.722. The summed E-state index contributed by atoms with van der Waals surface area (Å²) in [5.41, 5.74) is 0.872. The van der Waals surface area contributed by atoms with Gasteiger partial charge in [-0.3, -0.25) is 4.79 Å². The molecular weight excluding hydrogens is 244 g/mol. The largest absolute Gasteiger partial charge is 0.445 e. The van der Waals surface area contributed by atoms with E-state index in [1.807, 2.05) is 30.3 Å². The molecule has 0 aromatic heterocycles. The van der Waals surface area contributed by atoms with Gasteiger partial charge in [-0.25, -0.2) is 4.79 Å². The van der Waals surface area contributed by atoms with Gasteiger partial charge in [0.2, 0.25) is 0 Å². The fourth-order valence-electron chi connectivity index (χ4n) is 1.55. The molecule has 1 aromatic rings. The molecule has 0 heterocycles. The number of amides is 1. The van der Waals surface area contributed by atoms with E-state index in [9.17, 15) is 9.59 Å². The first kappa shape index (κ1) is 14.9. The maximum Gasteiger partial charge on any atom is 0.408 e. The van der Waals surface area contributed by atoms with E-state index in [1.165, 1.54) is 0 Å². The molecule has 5 nitrogen and oxygen atoms in total. The number of carbonyl (C=O) groups is 2. The fourth-order valence-corrected chi connectivity index (χ4v) is 1.55. The van der Waals surface area contributed by atoms with Crippen LogP contribution in [0.4, 0.5) is 4.79 Å². The quantitative estimate of drug-likeness (QED) is 0.771. The molecule has 1 rings (SSSR count). The SMILES string of the molecule is CC(C)[C@H](NC(=O)OCc1ccccc1)C(=O)C=N. The van der Waals surface area contributed by atoms with Crippen molar-refractivity contribution in [2.75, 3.05) is 0 Å². The molecule has 102 valence electrons. The Morgan fingerprint density at radius 2 is 1.95 bits per heavy atom. The number of ketones is 1. The number of Topliss-reactive ketones (excluding diaryl/α,β-unsaturated/α-hetero) is 1. The minimum Gasteiger partial charge on any atom is -0.445 e. The zero-order chi connectivity index (χ0) is 14.3. The van der Waals surface area contributed by atoms with Crippen molar-refractivity contribution < 1.29 is 14.3 Å². The van der Waals surface area contributed by atoms with Gasteiger partial charge >= 0.3 is 6.09 Å². The molecule has 2 N–H and O–H groups in total. The van der Waals surface area contributed by atoms with E-state index in [0.717, 1.165) is 5.56 Å². The van der Waals surface area contributed by atoms with E-state index in [4.69, 9.17) is 10.1 Å². The molecule has 0 spiro atoms. The Morgan fingerprint density at radius 3 is 2.47 bits per heavy atom. The number of carbonyl (C=O) groups excluding carboxylic acids is 2. The third-order valence-electron chi connectivity index (χ3n) is 2.60. The highest BCUT2D eigenvalue weighted by molar-refractivity contribution is 6.29. The number of nitrogens with one attached hydrogen (secondary N) is 2. The van der Waals surface area contributed by atoms with Gasteiger partial charge < -0.3 is 15.5 Å². The summed E-state index contributed by atoms with van der Waals surface area (Å²) in [4.78, 5) is 23.0. The summed E-state index contributed by atoms with van der Waals surface area (Å²) in [6.07, 6.45) is 0.0556. The number of rotatable bonds is 6. The van der Waals surface area contributed by atoms with Crippen molar-refractivity contribution in [2.24, 2.45) is 5.92 Å². The lowest BCUT2D eigenvalue weighted by atomic mass is 10.0. The van der Waals surface area contributed by atoms with Crippen LogP contribution in [0.3, 0.4) is 0 Å². The monoisotopic (exact) mass is 262 g/mol. The molecular formula is C14H18N2O3. The molecule has 1 aromatic carbocycles. The molecule has 5 heteroatoms. The molecule has 1 atom stereocenters. The number of hydrogen-bond donors (Lipinski definition) is 2. The van der Waals surface area contributed by atoms with Crippen molar-refractivity contribution in [3.8, 4) is 0 Å². The van der Waals surface area contributed by atoms with Crippen LogP contribution in [0.5, 0.6) is 0 Å². The van der Waals surface area contributed by atoms with Crippen LogP contribution < -0.4 is 5.32 Å². The highest BCUT2D eigenvalue weighted by Gasteiger charge is 2.22. The summed E-state index contributed by atoms with van der Waals surface area (Å²) >= 11 is 0. The fraction of sp³-hybridized carbons (Fsp3) is 0.357. The lowest BCUT2D eigenvalue weighted by Gasteiger charge is -2.18. The zero-order valence-electron chi connectivity index (χ0n) is 11.1. The Kier molecular flexibility index (Phi) is 5.73. The van der Waals surface area contributed by atoms with Crippen LogP contribution >= 0.6 is 0 Å². The van der Waals surface area contributed by atoms with Crippen molar-refractivity contribution in [1.29, 1.82) is 5.41 Å². The molecule has 0 saturated carbocycles. The van der Waals surface area contributed by atoms with E-state index in [2.05, 4.69) is 5.32 Å². The molecule has 1 amide bonds. The maximum atomic E-state index is 11.6. The van der Waals surface area contributed by atoms with Crippen LogP contribution in [0.25, 0.3) is 0 Å². The molecule has 0 fully saturated rings. The van der Waals surface area contributed by atoms with Gasteiger partial charge in [0.05, 0.1) is 12.3 Å². The molecule has 0 unspecified atom stereocenters. The Morgan fingerprint density at radius 1 is 1.32 bits per heavy atom. The first-order valence-electron chi connectivity index (χ1n) is 6.06. The van der Waals surface area contributed by atoms with Crippen LogP contribution in [-0.4, -0.2) is 24.1 Å². The minimum absolute atomic E-state index is 0.0987. The predicted octanol–water partition coefficient (Wildman–Crippen LogP) is 2.16. The van der Waals surface area contributed by atoms with Crippen LogP contribution in [0.2, 0.25) is 0 Å².